The molecule has 2 heterocycles. The van der Waals surface area contributed by atoms with Crippen LogP contribution in [0.3, 0.4) is 0 Å². The first-order valence-electron chi connectivity index (χ1n) is 7.11. The van der Waals surface area contributed by atoms with Crippen LogP contribution >= 0.6 is 0 Å². The molecule has 2 aromatic heterocycles. The molecule has 0 bridgehead atoms. The van der Waals surface area contributed by atoms with Crippen LogP contribution in [0.2, 0.25) is 0 Å². The Morgan fingerprint density at radius 3 is 2.74 bits per heavy atom. The summed E-state index contributed by atoms with van der Waals surface area (Å²) in [7, 11) is 0. The van der Waals surface area contributed by atoms with E-state index in [-0.39, 0.29) is 17.5 Å². The van der Waals surface area contributed by atoms with Gasteiger partial charge in [-0.1, -0.05) is 18.2 Å². The van der Waals surface area contributed by atoms with Gasteiger partial charge in [-0.15, -0.1) is 0 Å². The highest BCUT2D eigenvalue weighted by Crippen LogP contribution is 2.28. The van der Waals surface area contributed by atoms with Gasteiger partial charge in [-0.3, -0.25) is 10.1 Å². The smallest absolute Gasteiger partial charge is 0.311 e. The van der Waals surface area contributed by atoms with Gasteiger partial charge in [-0.2, -0.15) is 5.10 Å². The Hall–Kier alpha value is -3.22. The molecule has 116 valence electrons. The molecular formula is C16H15N5O2. The van der Waals surface area contributed by atoms with Gasteiger partial charge in [0.25, 0.3) is 0 Å². The van der Waals surface area contributed by atoms with Gasteiger partial charge < -0.3 is 5.32 Å². The van der Waals surface area contributed by atoms with Crippen molar-refractivity contribution >= 4 is 11.5 Å². The van der Waals surface area contributed by atoms with Crippen molar-refractivity contribution in [3.05, 3.63) is 76.7 Å². The van der Waals surface area contributed by atoms with E-state index in [0.29, 0.717) is 0 Å². The van der Waals surface area contributed by atoms with Crippen molar-refractivity contribution < 1.29 is 4.92 Å². The third-order valence-electron chi connectivity index (χ3n) is 3.49. The molecule has 0 saturated carbocycles. The third-order valence-corrected chi connectivity index (χ3v) is 3.49. The number of nitro groups is 1. The fourth-order valence-corrected chi connectivity index (χ4v) is 2.41. The Kier molecular flexibility index (Phi) is 4.01. The van der Waals surface area contributed by atoms with Gasteiger partial charge in [-0.25, -0.2) is 9.67 Å². The Morgan fingerprint density at radius 2 is 2.00 bits per heavy atom. The topological polar surface area (TPSA) is 85.9 Å². The molecule has 3 rings (SSSR count). The molecule has 0 aliphatic rings. The van der Waals surface area contributed by atoms with Crippen LogP contribution in [0, 0.1) is 10.1 Å². The standard InChI is InChI=1S/C16H15N5O2/c1-12(19-16-15(21(22)23)8-4-9-17-16)13-6-2-3-7-14(13)20-11-5-10-18-20/h2-12H,1H3,(H,17,19). The highest BCUT2D eigenvalue weighted by Gasteiger charge is 2.18. The van der Waals surface area contributed by atoms with Gasteiger partial charge in [-0.05, 0) is 30.7 Å². The van der Waals surface area contributed by atoms with Crippen molar-refractivity contribution in [2.75, 3.05) is 5.32 Å². The molecule has 1 unspecified atom stereocenters. The fraction of sp³-hybridized carbons (Fsp3) is 0.125. The number of pyridine rings is 1. The largest absolute Gasteiger partial charge is 0.358 e. The summed E-state index contributed by atoms with van der Waals surface area (Å²) in [5, 5.41) is 18.5. The van der Waals surface area contributed by atoms with Crippen LogP contribution < -0.4 is 5.32 Å². The second kappa shape index (κ2) is 6.27. The van der Waals surface area contributed by atoms with Crippen molar-refractivity contribution in [2.24, 2.45) is 0 Å². The highest BCUT2D eigenvalue weighted by molar-refractivity contribution is 5.57. The summed E-state index contributed by atoms with van der Waals surface area (Å²) in [6, 6.07) is 12.4. The summed E-state index contributed by atoms with van der Waals surface area (Å²) in [4.78, 5) is 14.7. The van der Waals surface area contributed by atoms with Gasteiger partial charge in [0.2, 0.25) is 5.82 Å². The molecule has 0 aliphatic carbocycles. The Morgan fingerprint density at radius 1 is 1.17 bits per heavy atom. The third kappa shape index (κ3) is 3.03. The van der Waals surface area contributed by atoms with E-state index in [2.05, 4.69) is 15.4 Å². The summed E-state index contributed by atoms with van der Waals surface area (Å²) in [6.45, 7) is 1.93. The minimum atomic E-state index is -0.443. The molecule has 0 radical (unpaired) electrons. The van der Waals surface area contributed by atoms with Crippen LogP contribution in [0.1, 0.15) is 18.5 Å². The molecule has 0 saturated heterocycles. The number of aromatic nitrogens is 3. The molecule has 23 heavy (non-hydrogen) atoms. The average molecular weight is 309 g/mol. The molecule has 1 atom stereocenters. The minimum Gasteiger partial charge on any atom is -0.358 e. The van der Waals surface area contributed by atoms with Gasteiger partial charge in [0.05, 0.1) is 16.7 Å². The number of rotatable bonds is 5. The van der Waals surface area contributed by atoms with Gasteiger partial charge in [0, 0.05) is 24.7 Å². The molecule has 0 amide bonds. The van der Waals surface area contributed by atoms with Crippen LogP contribution in [0.5, 0.6) is 0 Å². The Labute approximate surface area is 132 Å². The zero-order valence-electron chi connectivity index (χ0n) is 12.5. The normalized spacial score (nSPS) is 11.9. The second-order valence-corrected chi connectivity index (χ2v) is 5.00. The van der Waals surface area contributed by atoms with Gasteiger partial charge in [0.1, 0.15) is 0 Å². The summed E-state index contributed by atoms with van der Waals surface area (Å²) in [5.74, 6) is 0.250. The van der Waals surface area contributed by atoms with Crippen LogP contribution in [0.25, 0.3) is 5.69 Å². The highest BCUT2D eigenvalue weighted by atomic mass is 16.6. The predicted octanol–water partition coefficient (Wildman–Crippen LogP) is 3.35. The van der Waals surface area contributed by atoms with E-state index in [0.717, 1.165) is 11.3 Å². The van der Waals surface area contributed by atoms with Crippen molar-refractivity contribution in [3.8, 4) is 5.69 Å². The summed E-state index contributed by atoms with van der Waals surface area (Å²) in [5.41, 5.74) is 1.84. The average Bonchev–Trinajstić information content (AvgIpc) is 3.09. The number of nitrogens with one attached hydrogen (secondary N) is 1. The van der Waals surface area contributed by atoms with Crippen molar-refractivity contribution in [1.82, 2.24) is 14.8 Å². The lowest BCUT2D eigenvalue weighted by Crippen LogP contribution is -2.12. The molecule has 0 fully saturated rings. The summed E-state index contributed by atoms with van der Waals surface area (Å²) in [6.07, 6.45) is 5.09. The van der Waals surface area contributed by atoms with Crippen LogP contribution in [-0.4, -0.2) is 19.7 Å². The van der Waals surface area contributed by atoms with Crippen molar-refractivity contribution in [2.45, 2.75) is 13.0 Å². The number of hydrogen-bond donors (Lipinski definition) is 1. The SMILES string of the molecule is CC(Nc1ncccc1[N+](=O)[O-])c1ccccc1-n1cccn1. The maximum atomic E-state index is 11.1. The molecule has 1 aromatic carbocycles. The molecule has 7 nitrogen and oxygen atoms in total. The van der Waals surface area contributed by atoms with Crippen molar-refractivity contribution in [1.29, 1.82) is 0 Å². The number of hydrogen-bond acceptors (Lipinski definition) is 5. The first-order chi connectivity index (χ1) is 11.2. The number of para-hydroxylation sites is 1. The molecular weight excluding hydrogens is 294 g/mol. The maximum absolute atomic E-state index is 11.1. The molecule has 0 spiro atoms. The van der Waals surface area contributed by atoms with Gasteiger partial charge in [0.15, 0.2) is 0 Å². The van der Waals surface area contributed by atoms with E-state index >= 15 is 0 Å². The fourth-order valence-electron chi connectivity index (χ4n) is 2.41. The Bertz CT molecular complexity index is 817. The lowest BCUT2D eigenvalue weighted by atomic mass is 10.1. The number of anilines is 1. The van der Waals surface area contributed by atoms with E-state index in [1.165, 1.54) is 12.3 Å². The Balaban J connectivity index is 1.94. The first-order valence-corrected chi connectivity index (χ1v) is 7.11. The molecule has 1 N–H and O–H groups in total. The van der Waals surface area contributed by atoms with E-state index in [4.69, 9.17) is 0 Å². The quantitative estimate of drug-likeness (QED) is 0.577. The molecule has 7 heteroatoms. The summed E-state index contributed by atoms with van der Waals surface area (Å²) >= 11 is 0. The van der Waals surface area contributed by atoms with Crippen LogP contribution in [-0.2, 0) is 0 Å². The van der Waals surface area contributed by atoms with Gasteiger partial charge >= 0.3 is 5.69 Å². The second-order valence-electron chi connectivity index (χ2n) is 5.00. The maximum Gasteiger partial charge on any atom is 0.311 e. The summed E-state index contributed by atoms with van der Waals surface area (Å²) < 4.78 is 1.76. The number of benzene rings is 1. The minimum absolute atomic E-state index is 0.0454. The van der Waals surface area contributed by atoms with Crippen LogP contribution in [0.4, 0.5) is 11.5 Å². The first kappa shape index (κ1) is 14.7. The molecule has 3 aromatic rings. The van der Waals surface area contributed by atoms with E-state index in [1.54, 1.807) is 16.9 Å². The van der Waals surface area contributed by atoms with Crippen molar-refractivity contribution in [3.63, 3.8) is 0 Å². The van der Waals surface area contributed by atoms with E-state index in [1.807, 2.05) is 43.5 Å². The predicted molar refractivity (Wildman–Crippen MR) is 86.5 cm³/mol. The van der Waals surface area contributed by atoms with Crippen LogP contribution in [0.15, 0.2) is 61.1 Å². The van der Waals surface area contributed by atoms with E-state index in [9.17, 15) is 10.1 Å². The number of nitrogens with zero attached hydrogens (tertiary/aromatic N) is 4. The lowest BCUT2D eigenvalue weighted by molar-refractivity contribution is -0.384. The lowest BCUT2D eigenvalue weighted by Gasteiger charge is -2.18. The van der Waals surface area contributed by atoms with E-state index < -0.39 is 4.92 Å². The zero-order valence-corrected chi connectivity index (χ0v) is 12.5. The molecule has 0 aliphatic heterocycles. The monoisotopic (exact) mass is 309 g/mol. The zero-order chi connectivity index (χ0) is 16.2.